The van der Waals surface area contributed by atoms with Crippen molar-refractivity contribution in [3.63, 3.8) is 0 Å². The van der Waals surface area contributed by atoms with Crippen molar-refractivity contribution in [3.05, 3.63) is 78.0 Å². The van der Waals surface area contributed by atoms with Crippen LogP contribution in [0.1, 0.15) is 24.8 Å². The average molecular weight is 446 g/mol. The second-order valence-electron chi connectivity index (χ2n) is 8.00. The van der Waals surface area contributed by atoms with E-state index in [1.54, 1.807) is 34.2 Å². The summed E-state index contributed by atoms with van der Waals surface area (Å²) in [6.07, 6.45) is 10.4. The minimum atomic E-state index is -0.320. The van der Waals surface area contributed by atoms with Gasteiger partial charge in [0.1, 0.15) is 11.5 Å². The van der Waals surface area contributed by atoms with Crippen molar-refractivity contribution in [1.82, 2.24) is 24.6 Å². The molecule has 1 aliphatic heterocycles. The summed E-state index contributed by atoms with van der Waals surface area (Å²) in [6.45, 7) is 3.88. The fourth-order valence-corrected chi connectivity index (χ4v) is 4.31. The standard InChI is InChI=1S/C24H24FN7O/c1-2-30-15-20(22(29-30)21-10-11-27-23(26)28-21)16-4-3-5-19(14-16)32-13-12-31(24(32)33)18-8-6-17(25)7-9-18/h3-11,15-16H,2,12-14H2,1H3,(H2,26,27,28). The van der Waals surface area contributed by atoms with E-state index in [0.29, 0.717) is 30.9 Å². The Balaban J connectivity index is 1.39. The Kier molecular flexibility index (Phi) is 5.37. The summed E-state index contributed by atoms with van der Waals surface area (Å²) in [5, 5.41) is 4.71. The van der Waals surface area contributed by atoms with Gasteiger partial charge < -0.3 is 5.73 Å². The number of hydrogen-bond donors (Lipinski definition) is 1. The number of allylic oxidation sites excluding steroid dienone is 4. The second-order valence-corrected chi connectivity index (χ2v) is 8.00. The summed E-state index contributed by atoms with van der Waals surface area (Å²) in [5.74, 6) is -0.0870. The first-order chi connectivity index (χ1) is 16.0. The third-order valence-corrected chi connectivity index (χ3v) is 5.99. The second kappa shape index (κ2) is 8.50. The molecule has 1 atom stereocenters. The van der Waals surface area contributed by atoms with Gasteiger partial charge in [-0.15, -0.1) is 0 Å². The monoisotopic (exact) mass is 445 g/mol. The molecule has 3 aromatic rings. The largest absolute Gasteiger partial charge is 0.368 e. The molecule has 3 heterocycles. The van der Waals surface area contributed by atoms with Crippen molar-refractivity contribution < 1.29 is 9.18 Å². The zero-order valence-electron chi connectivity index (χ0n) is 18.2. The van der Waals surface area contributed by atoms with Crippen LogP contribution in [0.15, 0.2) is 66.7 Å². The number of benzene rings is 1. The van der Waals surface area contributed by atoms with Gasteiger partial charge >= 0.3 is 6.03 Å². The minimum Gasteiger partial charge on any atom is -0.368 e. The lowest BCUT2D eigenvalue weighted by Crippen LogP contribution is -2.32. The number of aromatic nitrogens is 4. The Morgan fingerprint density at radius 1 is 1.15 bits per heavy atom. The summed E-state index contributed by atoms with van der Waals surface area (Å²) < 4.78 is 15.2. The quantitative estimate of drug-likeness (QED) is 0.642. The number of nitrogen functional groups attached to an aromatic ring is 1. The number of carbonyl (C=O) groups excluding carboxylic acids is 1. The molecule has 1 unspecified atom stereocenters. The van der Waals surface area contributed by atoms with E-state index in [2.05, 4.69) is 16.0 Å². The number of nitrogens with zero attached hydrogens (tertiary/aromatic N) is 6. The Bertz CT molecular complexity index is 1250. The van der Waals surface area contributed by atoms with Crippen LogP contribution in [0.3, 0.4) is 0 Å². The molecule has 2 N–H and O–H groups in total. The molecule has 33 heavy (non-hydrogen) atoms. The molecule has 5 rings (SSSR count). The van der Waals surface area contributed by atoms with Crippen LogP contribution in [0, 0.1) is 5.82 Å². The van der Waals surface area contributed by atoms with E-state index in [1.165, 1.54) is 12.1 Å². The highest BCUT2D eigenvalue weighted by Crippen LogP contribution is 2.36. The lowest BCUT2D eigenvalue weighted by molar-refractivity contribution is 0.229. The Morgan fingerprint density at radius 3 is 2.70 bits per heavy atom. The van der Waals surface area contributed by atoms with Crippen LogP contribution in [0.4, 0.5) is 20.8 Å². The summed E-state index contributed by atoms with van der Waals surface area (Å²) >= 11 is 0. The topological polar surface area (TPSA) is 93.2 Å². The number of hydrogen-bond acceptors (Lipinski definition) is 5. The maximum Gasteiger partial charge on any atom is 0.328 e. The Hall–Kier alpha value is -4.01. The van der Waals surface area contributed by atoms with Crippen LogP contribution in [0.5, 0.6) is 0 Å². The van der Waals surface area contributed by atoms with Gasteiger partial charge in [0.15, 0.2) is 0 Å². The average Bonchev–Trinajstić information content (AvgIpc) is 3.44. The highest BCUT2D eigenvalue weighted by Gasteiger charge is 2.33. The molecule has 2 amide bonds. The predicted octanol–water partition coefficient (Wildman–Crippen LogP) is 3.95. The fourth-order valence-electron chi connectivity index (χ4n) is 4.31. The molecule has 1 saturated heterocycles. The highest BCUT2D eigenvalue weighted by atomic mass is 19.1. The van der Waals surface area contributed by atoms with Crippen molar-refractivity contribution in [2.45, 2.75) is 25.8 Å². The van der Waals surface area contributed by atoms with Gasteiger partial charge in [-0.3, -0.25) is 14.5 Å². The van der Waals surface area contributed by atoms with Gasteiger partial charge in [-0.05, 0) is 49.8 Å². The molecular weight excluding hydrogens is 421 g/mol. The molecule has 2 aromatic heterocycles. The van der Waals surface area contributed by atoms with Crippen LogP contribution in [-0.2, 0) is 6.54 Å². The van der Waals surface area contributed by atoms with Crippen LogP contribution in [0.25, 0.3) is 11.4 Å². The smallest absolute Gasteiger partial charge is 0.328 e. The van der Waals surface area contributed by atoms with Gasteiger partial charge in [0.2, 0.25) is 5.95 Å². The fraction of sp³-hybridized carbons (Fsp3) is 0.250. The summed E-state index contributed by atoms with van der Waals surface area (Å²) in [5.41, 5.74) is 9.91. The first kappa shape index (κ1) is 20.9. The number of urea groups is 1. The van der Waals surface area contributed by atoms with Crippen molar-refractivity contribution in [3.8, 4) is 11.4 Å². The van der Waals surface area contributed by atoms with Crippen LogP contribution in [0.2, 0.25) is 0 Å². The van der Waals surface area contributed by atoms with Crippen molar-refractivity contribution in [2.24, 2.45) is 0 Å². The van der Waals surface area contributed by atoms with E-state index >= 15 is 0 Å². The van der Waals surface area contributed by atoms with E-state index in [0.717, 1.165) is 23.5 Å². The zero-order chi connectivity index (χ0) is 22.9. The number of amides is 2. The van der Waals surface area contributed by atoms with Gasteiger partial charge in [0.05, 0.1) is 5.69 Å². The van der Waals surface area contributed by atoms with Gasteiger partial charge in [-0.25, -0.2) is 19.2 Å². The number of nitrogens with two attached hydrogens (primary N) is 1. The minimum absolute atomic E-state index is 0.0316. The third kappa shape index (κ3) is 3.97. The van der Waals surface area contributed by atoms with Crippen molar-refractivity contribution in [1.29, 1.82) is 0 Å². The summed E-state index contributed by atoms with van der Waals surface area (Å²) in [6, 6.07) is 7.71. The van der Waals surface area contributed by atoms with Crippen molar-refractivity contribution >= 4 is 17.7 Å². The van der Waals surface area contributed by atoms with E-state index in [1.807, 2.05) is 30.0 Å². The zero-order valence-corrected chi connectivity index (χ0v) is 18.2. The molecule has 0 saturated carbocycles. The molecule has 168 valence electrons. The SMILES string of the molecule is CCn1cc(C2C=CC=C(N3CCN(c4ccc(F)cc4)C3=O)C2)c(-c2ccnc(N)n2)n1. The lowest BCUT2D eigenvalue weighted by Gasteiger charge is -2.26. The maximum atomic E-state index is 13.3. The number of rotatable bonds is 5. The first-order valence-electron chi connectivity index (χ1n) is 10.9. The number of halogens is 1. The van der Waals surface area contributed by atoms with E-state index in [9.17, 15) is 9.18 Å². The third-order valence-electron chi connectivity index (χ3n) is 5.99. The Morgan fingerprint density at radius 2 is 1.94 bits per heavy atom. The molecule has 8 nitrogen and oxygen atoms in total. The molecular formula is C24H24FN7O. The molecule has 1 aliphatic carbocycles. The van der Waals surface area contributed by atoms with Crippen LogP contribution in [-0.4, -0.2) is 43.8 Å². The van der Waals surface area contributed by atoms with Gasteiger partial charge in [0.25, 0.3) is 0 Å². The molecule has 1 fully saturated rings. The molecule has 0 spiro atoms. The molecule has 1 aromatic carbocycles. The Labute approximate surface area is 190 Å². The first-order valence-corrected chi connectivity index (χ1v) is 10.9. The summed E-state index contributed by atoms with van der Waals surface area (Å²) in [7, 11) is 0. The highest BCUT2D eigenvalue weighted by molar-refractivity contribution is 5.95. The molecule has 9 heteroatoms. The van der Waals surface area contributed by atoms with Crippen LogP contribution < -0.4 is 10.6 Å². The normalized spacial score (nSPS) is 18.2. The number of anilines is 2. The predicted molar refractivity (Wildman–Crippen MR) is 124 cm³/mol. The van der Waals surface area contributed by atoms with E-state index in [4.69, 9.17) is 10.8 Å². The number of carbonyl (C=O) groups is 1. The van der Waals surface area contributed by atoms with Gasteiger partial charge in [-0.1, -0.05) is 12.2 Å². The molecule has 2 aliphatic rings. The van der Waals surface area contributed by atoms with Crippen molar-refractivity contribution in [2.75, 3.05) is 23.7 Å². The number of aryl methyl sites for hydroxylation is 1. The maximum absolute atomic E-state index is 13.3. The lowest BCUT2D eigenvalue weighted by atomic mass is 9.90. The van der Waals surface area contributed by atoms with Crippen LogP contribution >= 0.6 is 0 Å². The van der Waals surface area contributed by atoms with Gasteiger partial charge in [0, 0.05) is 54.9 Å². The van der Waals surface area contributed by atoms with Gasteiger partial charge in [-0.2, -0.15) is 5.10 Å². The van der Waals surface area contributed by atoms with E-state index < -0.39 is 0 Å². The summed E-state index contributed by atoms with van der Waals surface area (Å²) in [4.78, 5) is 25.0. The van der Waals surface area contributed by atoms with E-state index in [-0.39, 0.29) is 23.7 Å². The molecule has 0 radical (unpaired) electrons. The molecule has 0 bridgehead atoms.